The van der Waals surface area contributed by atoms with Crippen molar-refractivity contribution in [2.45, 2.75) is 31.1 Å². The predicted molar refractivity (Wildman–Crippen MR) is 141 cm³/mol. The summed E-state index contributed by atoms with van der Waals surface area (Å²) in [6.07, 6.45) is 1.20. The molecule has 10 nitrogen and oxygen atoms in total. The van der Waals surface area contributed by atoms with E-state index in [2.05, 4.69) is 19.5 Å². The van der Waals surface area contributed by atoms with E-state index in [1.54, 1.807) is 12.1 Å². The normalized spacial score (nSPS) is 20.6. The van der Waals surface area contributed by atoms with Gasteiger partial charge in [0, 0.05) is 39.3 Å². The molecular formula is C22H21Cl3N4O6S2. The maximum atomic E-state index is 13.4. The maximum absolute atomic E-state index is 13.4. The molecule has 0 spiro atoms. The molecule has 198 valence electrons. The van der Waals surface area contributed by atoms with Gasteiger partial charge >= 0.3 is 10.3 Å². The van der Waals surface area contributed by atoms with Gasteiger partial charge in [-0.05, 0) is 37.1 Å². The van der Waals surface area contributed by atoms with E-state index in [4.69, 9.17) is 39.9 Å². The molecular weight excluding hydrogens is 587 g/mol. The van der Waals surface area contributed by atoms with Crippen LogP contribution in [0.3, 0.4) is 0 Å². The summed E-state index contributed by atoms with van der Waals surface area (Å²) < 4.78 is 27.0. The Morgan fingerprint density at radius 3 is 2.73 bits per heavy atom. The second-order valence-corrected chi connectivity index (χ2v) is 12.2. The molecule has 2 heterocycles. The molecule has 3 aromatic rings. The van der Waals surface area contributed by atoms with E-state index < -0.39 is 34.2 Å². The van der Waals surface area contributed by atoms with Crippen molar-refractivity contribution in [1.29, 1.82) is 0 Å². The minimum Gasteiger partial charge on any atom is -0.393 e. The fraction of sp³-hybridized carbons (Fsp3) is 0.318. The number of benzene rings is 1. The van der Waals surface area contributed by atoms with E-state index in [-0.39, 0.29) is 39.7 Å². The van der Waals surface area contributed by atoms with Crippen LogP contribution in [0.15, 0.2) is 36.8 Å². The first-order chi connectivity index (χ1) is 17.4. The maximum Gasteiger partial charge on any atom is 0.333 e. The SMILES string of the molecule is NS(=O)(=O)OC[C@H]1C[C@@H](Nc2ncncc2C(=O)c2cc(C(O)c3cc(Cl)ccc3Cl)c(Cl)s2)C[C@@H]1O. The van der Waals surface area contributed by atoms with E-state index >= 15 is 0 Å². The molecule has 5 N–H and O–H groups in total. The number of nitrogens with two attached hydrogens (primary N) is 1. The van der Waals surface area contributed by atoms with Crippen LogP contribution in [0.5, 0.6) is 0 Å². The lowest BCUT2D eigenvalue weighted by molar-refractivity contribution is 0.101. The molecule has 1 saturated carbocycles. The lowest BCUT2D eigenvalue weighted by Crippen LogP contribution is -2.24. The largest absolute Gasteiger partial charge is 0.393 e. The molecule has 1 fully saturated rings. The molecule has 0 amide bonds. The third-order valence-corrected chi connectivity index (χ3v) is 8.32. The van der Waals surface area contributed by atoms with E-state index in [1.165, 1.54) is 24.7 Å². The Labute approximate surface area is 231 Å². The number of aromatic nitrogens is 2. The average Bonchev–Trinajstić information content (AvgIpc) is 3.40. The standard InChI is InChI=1S/C22H21Cl3N4O6S2/c23-11-1-2-16(24)13(4-11)19(31)14-6-18(36-21(14)25)20(32)15-7-27-9-28-22(15)29-12-3-10(17(30)5-12)8-35-37(26,33)34/h1-2,4,6-7,9-10,12,17,19,30-31H,3,5,8H2,(H2,26,33,34)(H,27,28,29)/t10-,12-,17+,19?/m1/s1. The number of hydrogen-bond acceptors (Lipinski definition) is 10. The number of aliphatic hydroxyl groups excluding tert-OH is 2. The number of nitrogens with zero attached hydrogens (tertiary/aromatic N) is 2. The van der Waals surface area contributed by atoms with Crippen molar-refractivity contribution in [3.63, 3.8) is 0 Å². The van der Waals surface area contributed by atoms with Crippen molar-refractivity contribution in [3.05, 3.63) is 72.7 Å². The Morgan fingerprint density at radius 1 is 1.24 bits per heavy atom. The van der Waals surface area contributed by atoms with Crippen LogP contribution < -0.4 is 10.5 Å². The third-order valence-electron chi connectivity index (χ3n) is 5.89. The van der Waals surface area contributed by atoms with Crippen molar-refractivity contribution in [3.8, 4) is 0 Å². The molecule has 0 bridgehead atoms. The number of hydrogen-bond donors (Lipinski definition) is 4. The van der Waals surface area contributed by atoms with Gasteiger partial charge in [0.15, 0.2) is 0 Å². The number of carbonyl (C=O) groups excluding carboxylic acids is 1. The first-order valence-electron chi connectivity index (χ1n) is 10.8. The topological polar surface area (TPSA) is 165 Å². The Morgan fingerprint density at radius 2 is 2.00 bits per heavy atom. The fourth-order valence-electron chi connectivity index (χ4n) is 4.09. The second kappa shape index (κ2) is 11.5. The van der Waals surface area contributed by atoms with Gasteiger partial charge in [0.2, 0.25) is 5.78 Å². The molecule has 1 aliphatic carbocycles. The summed E-state index contributed by atoms with van der Waals surface area (Å²) in [6, 6.07) is 5.83. The second-order valence-electron chi connectivity index (χ2n) is 8.44. The van der Waals surface area contributed by atoms with Gasteiger partial charge in [0.05, 0.1) is 27.5 Å². The molecule has 15 heteroatoms. The summed E-state index contributed by atoms with van der Waals surface area (Å²) in [6.45, 7) is -0.261. The van der Waals surface area contributed by atoms with Gasteiger partial charge in [0.1, 0.15) is 18.2 Å². The van der Waals surface area contributed by atoms with Crippen molar-refractivity contribution < 1.29 is 27.6 Å². The number of halogens is 3. The molecule has 4 rings (SSSR count). The highest BCUT2D eigenvalue weighted by Gasteiger charge is 2.35. The van der Waals surface area contributed by atoms with Crippen molar-refractivity contribution in [2.24, 2.45) is 11.1 Å². The van der Waals surface area contributed by atoms with Gasteiger partial charge in [-0.3, -0.25) is 8.98 Å². The zero-order valence-electron chi connectivity index (χ0n) is 18.8. The Balaban J connectivity index is 1.53. The summed E-state index contributed by atoms with van der Waals surface area (Å²) in [5.74, 6) is -0.678. The van der Waals surface area contributed by atoms with E-state index in [0.29, 0.717) is 27.6 Å². The molecule has 1 unspecified atom stereocenters. The van der Waals surface area contributed by atoms with Crippen LogP contribution >= 0.6 is 46.1 Å². The number of rotatable bonds is 9. The van der Waals surface area contributed by atoms with Gasteiger partial charge < -0.3 is 15.5 Å². The van der Waals surface area contributed by atoms with E-state index in [9.17, 15) is 23.4 Å². The van der Waals surface area contributed by atoms with Gasteiger partial charge in [-0.2, -0.15) is 8.42 Å². The number of nitrogens with one attached hydrogen (secondary N) is 1. The minimum atomic E-state index is -4.13. The number of anilines is 1. The van der Waals surface area contributed by atoms with Crippen molar-refractivity contribution in [2.75, 3.05) is 11.9 Å². The summed E-state index contributed by atoms with van der Waals surface area (Å²) in [4.78, 5) is 21.7. The Bertz CT molecular complexity index is 1420. The monoisotopic (exact) mass is 606 g/mol. The lowest BCUT2D eigenvalue weighted by atomic mass is 10.0. The first-order valence-corrected chi connectivity index (χ1v) is 14.2. The highest BCUT2D eigenvalue weighted by Crippen LogP contribution is 2.39. The van der Waals surface area contributed by atoms with Gasteiger partial charge in [-0.1, -0.05) is 34.8 Å². The molecule has 4 atom stereocenters. The molecule has 0 saturated heterocycles. The quantitative estimate of drug-likeness (QED) is 0.266. The minimum absolute atomic E-state index is 0.154. The molecule has 1 aliphatic rings. The van der Waals surface area contributed by atoms with Crippen LogP contribution in [0.2, 0.25) is 14.4 Å². The molecule has 0 radical (unpaired) electrons. The van der Waals surface area contributed by atoms with Crippen LogP contribution in [0, 0.1) is 5.92 Å². The predicted octanol–water partition coefficient (Wildman–Crippen LogP) is 3.58. The third kappa shape index (κ3) is 6.77. The van der Waals surface area contributed by atoms with Crippen LogP contribution in [0.4, 0.5) is 5.82 Å². The highest BCUT2D eigenvalue weighted by atomic mass is 35.5. The Hall–Kier alpha value is -1.87. The summed E-state index contributed by atoms with van der Waals surface area (Å²) in [7, 11) is -4.13. The highest BCUT2D eigenvalue weighted by molar-refractivity contribution is 7.84. The number of aliphatic hydroxyl groups is 2. The summed E-state index contributed by atoms with van der Waals surface area (Å²) in [5.41, 5.74) is 0.794. The van der Waals surface area contributed by atoms with Crippen molar-refractivity contribution in [1.82, 2.24) is 9.97 Å². The zero-order chi connectivity index (χ0) is 26.9. The smallest absolute Gasteiger partial charge is 0.333 e. The van der Waals surface area contributed by atoms with Crippen LogP contribution in [-0.4, -0.2) is 53.1 Å². The number of carbonyl (C=O) groups is 1. The van der Waals surface area contributed by atoms with E-state index in [0.717, 1.165) is 11.3 Å². The van der Waals surface area contributed by atoms with Crippen LogP contribution in [-0.2, 0) is 14.5 Å². The van der Waals surface area contributed by atoms with Crippen LogP contribution in [0.1, 0.15) is 45.3 Å². The van der Waals surface area contributed by atoms with Gasteiger partial charge in [-0.25, -0.2) is 15.1 Å². The van der Waals surface area contributed by atoms with Crippen LogP contribution in [0.25, 0.3) is 0 Å². The molecule has 37 heavy (non-hydrogen) atoms. The summed E-state index contributed by atoms with van der Waals surface area (Å²) >= 11 is 19.6. The van der Waals surface area contributed by atoms with Gasteiger partial charge in [0.25, 0.3) is 0 Å². The average molecular weight is 608 g/mol. The van der Waals surface area contributed by atoms with E-state index in [1.807, 2.05) is 0 Å². The lowest BCUT2D eigenvalue weighted by Gasteiger charge is -2.15. The summed E-state index contributed by atoms with van der Waals surface area (Å²) in [5, 5.41) is 29.8. The Kier molecular flexibility index (Phi) is 8.73. The molecule has 1 aromatic carbocycles. The zero-order valence-corrected chi connectivity index (χ0v) is 22.7. The molecule has 0 aliphatic heterocycles. The van der Waals surface area contributed by atoms with Gasteiger partial charge in [-0.15, -0.1) is 11.3 Å². The van der Waals surface area contributed by atoms with Crippen molar-refractivity contribution >= 4 is 68.0 Å². The number of thiophene rings is 1. The first kappa shape index (κ1) is 28.1. The molecule has 2 aromatic heterocycles. The number of ketones is 1. The fourth-order valence-corrected chi connectivity index (χ4v) is 6.13.